The predicted molar refractivity (Wildman–Crippen MR) is 116 cm³/mol. The van der Waals surface area contributed by atoms with E-state index in [0.29, 0.717) is 17.5 Å². The lowest BCUT2D eigenvalue weighted by Gasteiger charge is -2.17. The number of hydrogen-bond acceptors (Lipinski definition) is 3. The van der Waals surface area contributed by atoms with Gasteiger partial charge in [0.15, 0.2) is 10.9 Å². The maximum Gasteiger partial charge on any atom is 0.172 e. The van der Waals surface area contributed by atoms with Gasteiger partial charge < -0.3 is 10.6 Å². The summed E-state index contributed by atoms with van der Waals surface area (Å²) in [5.74, 6) is 0.649. The molecule has 2 heterocycles. The van der Waals surface area contributed by atoms with Gasteiger partial charge in [-0.1, -0.05) is 29.8 Å². The number of thiocarbonyl (C=S) groups is 1. The quantitative estimate of drug-likeness (QED) is 0.518. The molecule has 0 spiro atoms. The van der Waals surface area contributed by atoms with Crippen molar-refractivity contribution < 1.29 is 0 Å². The highest BCUT2D eigenvalue weighted by atomic mass is 79.9. The molecule has 0 saturated carbocycles. The van der Waals surface area contributed by atoms with E-state index in [2.05, 4.69) is 43.7 Å². The summed E-state index contributed by atoms with van der Waals surface area (Å²) in [6.45, 7) is 5.49. The number of hydrogen-bond donors (Lipinski definition) is 2. The molecule has 0 radical (unpaired) electrons. The number of halogens is 2. The zero-order valence-corrected chi connectivity index (χ0v) is 18.1. The molecule has 27 heavy (non-hydrogen) atoms. The molecule has 3 rings (SSSR count). The molecule has 1 atom stereocenters. The second-order valence-electron chi connectivity index (χ2n) is 6.01. The first-order valence-corrected chi connectivity index (χ1v) is 10.1. The summed E-state index contributed by atoms with van der Waals surface area (Å²) in [5.41, 5.74) is 2.08. The summed E-state index contributed by atoms with van der Waals surface area (Å²) in [4.78, 5) is 0. The standard InChI is InChI=1S/C18H20BrClN6S/c1-3-26-16(8-9-21-26)12(2)22-18(27)23-17-14(19)11-25(24-17)10-13-6-4-5-7-15(13)20/h4-9,11-12H,3,10H2,1-2H3,(H2,22,23,24,27). The lowest BCUT2D eigenvalue weighted by atomic mass is 10.2. The van der Waals surface area contributed by atoms with E-state index in [4.69, 9.17) is 23.8 Å². The molecule has 0 aliphatic heterocycles. The van der Waals surface area contributed by atoms with Crippen LogP contribution >= 0.6 is 39.7 Å². The van der Waals surface area contributed by atoms with Crippen molar-refractivity contribution in [3.63, 3.8) is 0 Å². The van der Waals surface area contributed by atoms with Gasteiger partial charge in [-0.05, 0) is 59.7 Å². The van der Waals surface area contributed by atoms with Crippen molar-refractivity contribution in [3.05, 3.63) is 63.5 Å². The van der Waals surface area contributed by atoms with E-state index in [1.54, 1.807) is 6.20 Å². The molecule has 9 heteroatoms. The van der Waals surface area contributed by atoms with Crippen LogP contribution in [0.2, 0.25) is 5.02 Å². The van der Waals surface area contributed by atoms with Crippen LogP contribution in [-0.4, -0.2) is 24.7 Å². The zero-order valence-electron chi connectivity index (χ0n) is 15.0. The van der Waals surface area contributed by atoms with Gasteiger partial charge >= 0.3 is 0 Å². The van der Waals surface area contributed by atoms with E-state index in [0.717, 1.165) is 27.3 Å². The van der Waals surface area contributed by atoms with Crippen LogP contribution < -0.4 is 10.6 Å². The number of rotatable bonds is 6. The first-order valence-electron chi connectivity index (χ1n) is 8.53. The molecule has 6 nitrogen and oxygen atoms in total. The largest absolute Gasteiger partial charge is 0.354 e. The van der Waals surface area contributed by atoms with Gasteiger partial charge in [-0.15, -0.1) is 0 Å². The average Bonchev–Trinajstić information content (AvgIpc) is 3.23. The molecule has 0 amide bonds. The number of nitrogens with zero attached hydrogens (tertiary/aromatic N) is 4. The lowest BCUT2D eigenvalue weighted by Crippen LogP contribution is -2.32. The summed E-state index contributed by atoms with van der Waals surface area (Å²) in [6, 6.07) is 9.73. The summed E-state index contributed by atoms with van der Waals surface area (Å²) in [7, 11) is 0. The Morgan fingerprint density at radius 3 is 2.85 bits per heavy atom. The lowest BCUT2D eigenvalue weighted by molar-refractivity contribution is 0.568. The van der Waals surface area contributed by atoms with Crippen LogP contribution in [0, 0.1) is 0 Å². The Morgan fingerprint density at radius 1 is 1.33 bits per heavy atom. The van der Waals surface area contributed by atoms with Crippen molar-refractivity contribution in [1.29, 1.82) is 0 Å². The molecule has 1 aromatic carbocycles. The monoisotopic (exact) mass is 466 g/mol. The molecule has 0 aliphatic carbocycles. The summed E-state index contributed by atoms with van der Waals surface area (Å²) < 4.78 is 4.57. The number of anilines is 1. The van der Waals surface area contributed by atoms with Crippen molar-refractivity contribution in [2.45, 2.75) is 33.0 Å². The summed E-state index contributed by atoms with van der Waals surface area (Å²) in [5, 5.41) is 16.5. The van der Waals surface area contributed by atoms with E-state index in [1.165, 1.54) is 0 Å². The summed E-state index contributed by atoms with van der Waals surface area (Å²) >= 11 is 15.2. The molecule has 0 bridgehead atoms. The fraction of sp³-hybridized carbons (Fsp3) is 0.278. The van der Waals surface area contributed by atoms with Gasteiger partial charge in [0.2, 0.25) is 0 Å². The third kappa shape index (κ3) is 4.88. The molecular weight excluding hydrogens is 448 g/mol. The molecule has 0 saturated heterocycles. The number of aromatic nitrogens is 4. The Kier molecular flexibility index (Phi) is 6.51. The van der Waals surface area contributed by atoms with Gasteiger partial charge in [-0.2, -0.15) is 10.2 Å². The fourth-order valence-electron chi connectivity index (χ4n) is 2.75. The highest BCUT2D eigenvalue weighted by Crippen LogP contribution is 2.23. The van der Waals surface area contributed by atoms with Crippen LogP contribution in [0.4, 0.5) is 5.82 Å². The number of aryl methyl sites for hydroxylation is 1. The van der Waals surface area contributed by atoms with E-state index in [-0.39, 0.29) is 6.04 Å². The molecule has 1 unspecified atom stereocenters. The molecule has 3 aromatic rings. The van der Waals surface area contributed by atoms with Gasteiger partial charge in [0, 0.05) is 24.0 Å². The third-order valence-electron chi connectivity index (χ3n) is 4.08. The molecule has 2 N–H and O–H groups in total. The highest BCUT2D eigenvalue weighted by Gasteiger charge is 2.14. The van der Waals surface area contributed by atoms with E-state index in [9.17, 15) is 0 Å². The molecule has 142 valence electrons. The highest BCUT2D eigenvalue weighted by molar-refractivity contribution is 9.10. The van der Waals surface area contributed by atoms with Crippen LogP contribution in [0.15, 0.2) is 47.2 Å². The van der Waals surface area contributed by atoms with Crippen molar-refractivity contribution >= 4 is 50.7 Å². The number of nitrogens with one attached hydrogen (secondary N) is 2. The predicted octanol–water partition coefficient (Wildman–Crippen LogP) is 4.61. The average molecular weight is 468 g/mol. The summed E-state index contributed by atoms with van der Waals surface area (Å²) in [6.07, 6.45) is 3.68. The third-order valence-corrected chi connectivity index (χ3v) is 5.25. The van der Waals surface area contributed by atoms with Gasteiger partial charge in [-0.3, -0.25) is 9.36 Å². The Bertz CT molecular complexity index is 938. The van der Waals surface area contributed by atoms with Crippen LogP contribution in [0.1, 0.15) is 31.1 Å². The topological polar surface area (TPSA) is 59.7 Å². The normalized spacial score (nSPS) is 12.0. The second kappa shape index (κ2) is 8.86. The minimum Gasteiger partial charge on any atom is -0.354 e. The Hall–Kier alpha value is -1.90. The molecule has 2 aromatic heterocycles. The van der Waals surface area contributed by atoms with Crippen molar-refractivity contribution in [1.82, 2.24) is 24.9 Å². The van der Waals surface area contributed by atoms with Crippen LogP contribution in [-0.2, 0) is 13.1 Å². The van der Waals surface area contributed by atoms with E-state index >= 15 is 0 Å². The number of benzene rings is 1. The minimum atomic E-state index is 0.0245. The van der Waals surface area contributed by atoms with Crippen molar-refractivity contribution in [2.24, 2.45) is 0 Å². The van der Waals surface area contributed by atoms with Gasteiger partial charge in [-0.25, -0.2) is 0 Å². The SMILES string of the molecule is CCn1nccc1C(C)NC(=S)Nc1nn(Cc2ccccc2Cl)cc1Br. The van der Waals surface area contributed by atoms with Crippen LogP contribution in [0.5, 0.6) is 0 Å². The Labute approximate surface area is 177 Å². The first-order chi connectivity index (χ1) is 13.0. The van der Waals surface area contributed by atoms with Crippen LogP contribution in [0.25, 0.3) is 0 Å². The van der Waals surface area contributed by atoms with Crippen molar-refractivity contribution in [3.8, 4) is 0 Å². The minimum absolute atomic E-state index is 0.0245. The van der Waals surface area contributed by atoms with Gasteiger partial charge in [0.25, 0.3) is 0 Å². The smallest absolute Gasteiger partial charge is 0.172 e. The molecule has 0 aliphatic rings. The van der Waals surface area contributed by atoms with Gasteiger partial charge in [0.05, 0.1) is 22.8 Å². The maximum atomic E-state index is 6.23. The van der Waals surface area contributed by atoms with Gasteiger partial charge in [0.1, 0.15) is 0 Å². The Morgan fingerprint density at radius 2 is 2.11 bits per heavy atom. The zero-order chi connectivity index (χ0) is 19.4. The van der Waals surface area contributed by atoms with Crippen LogP contribution in [0.3, 0.4) is 0 Å². The first kappa shape index (κ1) is 19.9. The maximum absolute atomic E-state index is 6.23. The Balaban J connectivity index is 1.64. The molecular formula is C18H20BrClN6S. The second-order valence-corrected chi connectivity index (χ2v) is 7.68. The van der Waals surface area contributed by atoms with Crippen molar-refractivity contribution in [2.75, 3.05) is 5.32 Å². The molecule has 0 fully saturated rings. The van der Waals surface area contributed by atoms with E-state index < -0.39 is 0 Å². The fourth-order valence-corrected chi connectivity index (χ4v) is 3.64. The van der Waals surface area contributed by atoms with E-state index in [1.807, 2.05) is 52.8 Å².